The highest BCUT2D eigenvalue weighted by Gasteiger charge is 2.27. The van der Waals surface area contributed by atoms with Crippen LogP contribution in [0.5, 0.6) is 0 Å². The number of rotatable bonds is 6. The fourth-order valence-corrected chi connectivity index (χ4v) is 1.60. The van der Waals surface area contributed by atoms with Crippen molar-refractivity contribution in [2.45, 2.75) is 59.8 Å². The zero-order chi connectivity index (χ0) is 9.61. The topological polar surface area (TPSA) is 17.1 Å². The third kappa shape index (κ3) is 3.38. The van der Waals surface area contributed by atoms with Gasteiger partial charge in [0.15, 0.2) is 0 Å². The van der Waals surface area contributed by atoms with Crippen LogP contribution in [-0.4, -0.2) is 5.78 Å². The minimum atomic E-state index is -0.0369. The molecule has 72 valence electrons. The average molecular weight is 170 g/mol. The number of hydrogen-bond acceptors (Lipinski definition) is 1. The molecule has 0 aliphatic carbocycles. The SMILES string of the molecule is CCCCC(C)(CCC)C(C)=O. The second kappa shape index (κ2) is 5.34. The van der Waals surface area contributed by atoms with Gasteiger partial charge in [0, 0.05) is 5.41 Å². The van der Waals surface area contributed by atoms with Gasteiger partial charge in [0.1, 0.15) is 5.78 Å². The van der Waals surface area contributed by atoms with Gasteiger partial charge in [-0.2, -0.15) is 0 Å². The molecule has 1 heteroatoms. The summed E-state index contributed by atoms with van der Waals surface area (Å²) in [6, 6.07) is 0. The normalized spacial score (nSPS) is 15.7. The molecule has 1 nitrogen and oxygen atoms in total. The molecule has 0 N–H and O–H groups in total. The summed E-state index contributed by atoms with van der Waals surface area (Å²) in [6.07, 6.45) is 5.58. The molecule has 1 unspecified atom stereocenters. The Morgan fingerprint density at radius 3 is 2.08 bits per heavy atom. The summed E-state index contributed by atoms with van der Waals surface area (Å²) >= 11 is 0. The van der Waals surface area contributed by atoms with Gasteiger partial charge in [0.2, 0.25) is 0 Å². The van der Waals surface area contributed by atoms with E-state index in [4.69, 9.17) is 0 Å². The van der Waals surface area contributed by atoms with Crippen LogP contribution in [-0.2, 0) is 4.79 Å². The number of carbonyl (C=O) groups is 1. The van der Waals surface area contributed by atoms with Gasteiger partial charge in [-0.05, 0) is 19.8 Å². The van der Waals surface area contributed by atoms with Crippen LogP contribution in [0.2, 0.25) is 0 Å². The van der Waals surface area contributed by atoms with E-state index >= 15 is 0 Å². The first kappa shape index (κ1) is 11.7. The van der Waals surface area contributed by atoms with Crippen molar-refractivity contribution in [2.24, 2.45) is 5.41 Å². The van der Waals surface area contributed by atoms with Crippen molar-refractivity contribution in [3.05, 3.63) is 0 Å². The second-order valence-corrected chi connectivity index (χ2v) is 3.97. The quantitative estimate of drug-likeness (QED) is 0.595. The Balaban J connectivity index is 4.08. The molecule has 0 aliphatic heterocycles. The number of unbranched alkanes of at least 4 members (excludes halogenated alkanes) is 1. The van der Waals surface area contributed by atoms with Gasteiger partial charge in [0.25, 0.3) is 0 Å². The van der Waals surface area contributed by atoms with Crippen molar-refractivity contribution in [3.63, 3.8) is 0 Å². The number of Topliss-reactive ketones (excluding diaryl/α,β-unsaturated/α-hetero) is 1. The molecule has 0 amide bonds. The molecule has 1 atom stereocenters. The van der Waals surface area contributed by atoms with E-state index in [1.54, 1.807) is 6.92 Å². The zero-order valence-corrected chi connectivity index (χ0v) is 8.94. The Labute approximate surface area is 76.6 Å². The van der Waals surface area contributed by atoms with Crippen molar-refractivity contribution < 1.29 is 4.79 Å². The van der Waals surface area contributed by atoms with Gasteiger partial charge < -0.3 is 0 Å². The molecule has 0 saturated carbocycles. The molecule has 0 saturated heterocycles. The third-order valence-electron chi connectivity index (χ3n) is 2.73. The van der Waals surface area contributed by atoms with E-state index in [1.807, 2.05) is 0 Å². The van der Waals surface area contributed by atoms with Gasteiger partial charge in [-0.25, -0.2) is 0 Å². The molecule has 0 aromatic carbocycles. The van der Waals surface area contributed by atoms with Crippen molar-refractivity contribution >= 4 is 5.78 Å². The van der Waals surface area contributed by atoms with Crippen LogP contribution < -0.4 is 0 Å². The highest BCUT2D eigenvalue weighted by molar-refractivity contribution is 5.81. The Kier molecular flexibility index (Phi) is 5.19. The summed E-state index contributed by atoms with van der Waals surface area (Å²) in [5, 5.41) is 0. The summed E-state index contributed by atoms with van der Waals surface area (Å²) in [5.41, 5.74) is -0.0369. The fraction of sp³-hybridized carbons (Fsp3) is 0.909. The molecule has 0 radical (unpaired) electrons. The maximum atomic E-state index is 11.4. The summed E-state index contributed by atoms with van der Waals surface area (Å²) in [6.45, 7) is 8.15. The lowest BCUT2D eigenvalue weighted by atomic mass is 9.78. The highest BCUT2D eigenvalue weighted by Crippen LogP contribution is 2.30. The molecule has 0 aliphatic rings. The maximum absolute atomic E-state index is 11.4. The minimum absolute atomic E-state index is 0.0369. The van der Waals surface area contributed by atoms with Crippen molar-refractivity contribution in [3.8, 4) is 0 Å². The number of hydrogen-bond donors (Lipinski definition) is 0. The summed E-state index contributed by atoms with van der Waals surface area (Å²) in [5.74, 6) is 0.359. The fourth-order valence-electron chi connectivity index (χ4n) is 1.60. The number of carbonyl (C=O) groups excluding carboxylic acids is 1. The Bertz CT molecular complexity index is 140. The zero-order valence-electron chi connectivity index (χ0n) is 8.94. The van der Waals surface area contributed by atoms with E-state index < -0.39 is 0 Å². The second-order valence-electron chi connectivity index (χ2n) is 3.97. The van der Waals surface area contributed by atoms with Crippen LogP contribution >= 0.6 is 0 Å². The molecular weight excluding hydrogens is 148 g/mol. The minimum Gasteiger partial charge on any atom is -0.299 e. The molecule has 0 aromatic heterocycles. The van der Waals surface area contributed by atoms with Crippen LogP contribution in [0.3, 0.4) is 0 Å². The van der Waals surface area contributed by atoms with Gasteiger partial charge in [0.05, 0.1) is 0 Å². The van der Waals surface area contributed by atoms with E-state index in [9.17, 15) is 4.79 Å². The first-order valence-corrected chi connectivity index (χ1v) is 5.08. The van der Waals surface area contributed by atoms with E-state index in [2.05, 4.69) is 20.8 Å². The van der Waals surface area contributed by atoms with E-state index in [1.165, 1.54) is 12.8 Å². The van der Waals surface area contributed by atoms with Crippen LogP contribution in [0.1, 0.15) is 59.8 Å². The molecular formula is C11H22O. The van der Waals surface area contributed by atoms with E-state index in [-0.39, 0.29) is 5.41 Å². The molecule has 0 spiro atoms. The standard InChI is InChI=1S/C11H22O/c1-5-7-9-11(4,8-6-2)10(3)12/h5-9H2,1-4H3. The lowest BCUT2D eigenvalue weighted by Crippen LogP contribution is -2.25. The maximum Gasteiger partial charge on any atom is 0.135 e. The van der Waals surface area contributed by atoms with Crippen molar-refractivity contribution in [1.29, 1.82) is 0 Å². The molecule has 0 bridgehead atoms. The lowest BCUT2D eigenvalue weighted by Gasteiger charge is -2.25. The highest BCUT2D eigenvalue weighted by atomic mass is 16.1. The van der Waals surface area contributed by atoms with E-state index in [0.717, 1.165) is 19.3 Å². The van der Waals surface area contributed by atoms with Crippen LogP contribution in [0, 0.1) is 5.41 Å². The van der Waals surface area contributed by atoms with Gasteiger partial charge in [-0.3, -0.25) is 4.79 Å². The van der Waals surface area contributed by atoms with Crippen molar-refractivity contribution in [2.75, 3.05) is 0 Å². The molecule has 12 heavy (non-hydrogen) atoms. The summed E-state index contributed by atoms with van der Waals surface area (Å²) in [7, 11) is 0. The Hall–Kier alpha value is -0.330. The Morgan fingerprint density at radius 2 is 1.75 bits per heavy atom. The largest absolute Gasteiger partial charge is 0.299 e. The van der Waals surface area contributed by atoms with Gasteiger partial charge in [-0.15, -0.1) is 0 Å². The molecule has 0 aromatic rings. The van der Waals surface area contributed by atoms with Gasteiger partial charge >= 0.3 is 0 Å². The molecule has 0 fully saturated rings. The lowest BCUT2D eigenvalue weighted by molar-refractivity contribution is -0.126. The van der Waals surface area contributed by atoms with Crippen LogP contribution in [0.25, 0.3) is 0 Å². The first-order chi connectivity index (χ1) is 5.56. The van der Waals surface area contributed by atoms with Crippen molar-refractivity contribution in [1.82, 2.24) is 0 Å². The van der Waals surface area contributed by atoms with Crippen LogP contribution in [0.15, 0.2) is 0 Å². The predicted molar refractivity (Wildman–Crippen MR) is 53.2 cm³/mol. The van der Waals surface area contributed by atoms with Crippen LogP contribution in [0.4, 0.5) is 0 Å². The summed E-state index contributed by atoms with van der Waals surface area (Å²) in [4.78, 5) is 11.4. The predicted octanol–water partition coefficient (Wildman–Crippen LogP) is 3.57. The van der Waals surface area contributed by atoms with Gasteiger partial charge in [-0.1, -0.05) is 40.0 Å². The smallest absolute Gasteiger partial charge is 0.135 e. The summed E-state index contributed by atoms with van der Waals surface area (Å²) < 4.78 is 0. The average Bonchev–Trinajstić information content (AvgIpc) is 2.01. The monoisotopic (exact) mass is 170 g/mol. The Morgan fingerprint density at radius 1 is 1.17 bits per heavy atom. The molecule has 0 heterocycles. The first-order valence-electron chi connectivity index (χ1n) is 5.08. The molecule has 0 rings (SSSR count). The number of ketones is 1. The van der Waals surface area contributed by atoms with E-state index in [0.29, 0.717) is 5.78 Å². The third-order valence-corrected chi connectivity index (χ3v) is 2.73.